The number of hydrogen-bond donors (Lipinski definition) is 1. The number of amides is 1. The smallest absolute Gasteiger partial charge is 0.416 e. The van der Waals surface area contributed by atoms with Crippen molar-refractivity contribution in [2.45, 2.75) is 63.7 Å². The number of carbonyl (C=O) groups is 1. The van der Waals surface area contributed by atoms with Crippen molar-refractivity contribution in [3.8, 4) is 0 Å². The number of rotatable bonds is 8. The Morgan fingerprint density at radius 2 is 1.97 bits per heavy atom. The predicted octanol–water partition coefficient (Wildman–Crippen LogP) is 4.44. The number of likely N-dealkylation sites (tertiary alicyclic amines) is 1. The lowest BCUT2D eigenvalue weighted by molar-refractivity contribution is 0.139. The molecule has 1 N–H and O–H groups in total. The van der Waals surface area contributed by atoms with Crippen LogP contribution in [0.25, 0.3) is 0 Å². The average molecular weight is 497 g/mol. The molecule has 3 fully saturated rings. The van der Waals surface area contributed by atoms with E-state index in [1.165, 1.54) is 0 Å². The molecule has 2 aliphatic heterocycles. The number of piperidine rings is 1. The van der Waals surface area contributed by atoms with E-state index in [0.717, 1.165) is 49.9 Å². The van der Waals surface area contributed by atoms with Crippen LogP contribution in [0.15, 0.2) is 30.5 Å². The van der Waals surface area contributed by atoms with Crippen molar-refractivity contribution in [3.05, 3.63) is 47.4 Å². The van der Waals surface area contributed by atoms with Crippen LogP contribution in [0.3, 0.4) is 0 Å². The van der Waals surface area contributed by atoms with E-state index in [1.54, 1.807) is 23.2 Å². The van der Waals surface area contributed by atoms with Gasteiger partial charge in [0.05, 0.1) is 11.6 Å². The predicted molar refractivity (Wildman–Crippen MR) is 137 cm³/mol. The Bertz CT molecular complexity index is 1100. The van der Waals surface area contributed by atoms with Crippen molar-refractivity contribution in [2.24, 2.45) is 5.92 Å². The van der Waals surface area contributed by atoms with Gasteiger partial charge in [0.15, 0.2) is 0 Å². The quantitative estimate of drug-likeness (QED) is 0.579. The minimum atomic E-state index is -0.380. The fraction of sp³-hybridized carbons (Fsp3) is 0.593. The van der Waals surface area contributed by atoms with Crippen molar-refractivity contribution in [3.63, 3.8) is 0 Å². The second kappa shape index (κ2) is 9.94. The van der Waals surface area contributed by atoms with Gasteiger partial charge in [-0.25, -0.2) is 14.2 Å². The van der Waals surface area contributed by atoms with Crippen molar-refractivity contribution < 1.29 is 13.9 Å². The van der Waals surface area contributed by atoms with Crippen LogP contribution in [0.5, 0.6) is 0 Å². The Kier molecular flexibility index (Phi) is 6.87. The Morgan fingerprint density at radius 3 is 2.64 bits per heavy atom. The number of aromatic nitrogens is 2. The van der Waals surface area contributed by atoms with Gasteiger partial charge in [-0.3, -0.25) is 9.80 Å². The van der Waals surface area contributed by atoms with Crippen molar-refractivity contribution in [1.29, 1.82) is 0 Å². The van der Waals surface area contributed by atoms with Crippen LogP contribution >= 0.6 is 0 Å². The number of carbonyl (C=O) groups excluding carboxylic acids is 1. The summed E-state index contributed by atoms with van der Waals surface area (Å²) in [6.07, 6.45) is 5.67. The van der Waals surface area contributed by atoms with Crippen LogP contribution < -0.4 is 10.2 Å². The van der Waals surface area contributed by atoms with Gasteiger partial charge in [0.1, 0.15) is 18.2 Å². The molecule has 2 saturated heterocycles. The molecule has 1 aromatic carbocycles. The van der Waals surface area contributed by atoms with Crippen LogP contribution in [0.4, 0.5) is 21.0 Å². The van der Waals surface area contributed by atoms with Gasteiger partial charge in [0.25, 0.3) is 0 Å². The lowest BCUT2D eigenvalue weighted by atomic mass is 9.96. The summed E-state index contributed by atoms with van der Waals surface area (Å²) in [5.74, 6) is 1.16. The largest absolute Gasteiger partial charge is 0.447 e. The first kappa shape index (κ1) is 24.9. The SMILES string of the molecule is C[C@H](Nc1nccc(N2C(=O)OC[C@]2(C)C2CC2)n1)c1ccc(CN2CCC(N(C)C)CC2)c(F)c1. The molecule has 1 aromatic heterocycles. The number of nitrogens with one attached hydrogen (secondary N) is 1. The van der Waals surface area contributed by atoms with Gasteiger partial charge in [-0.05, 0) is 90.3 Å². The van der Waals surface area contributed by atoms with E-state index in [0.29, 0.717) is 36.9 Å². The second-order valence-corrected chi connectivity index (χ2v) is 10.9. The third kappa shape index (κ3) is 5.04. The molecule has 9 heteroatoms. The average Bonchev–Trinajstić information content (AvgIpc) is 3.67. The van der Waals surface area contributed by atoms with Crippen molar-refractivity contribution in [1.82, 2.24) is 19.8 Å². The maximum atomic E-state index is 15.0. The molecule has 36 heavy (non-hydrogen) atoms. The maximum absolute atomic E-state index is 15.0. The van der Waals surface area contributed by atoms with Gasteiger partial charge in [0.2, 0.25) is 5.95 Å². The van der Waals surface area contributed by atoms with Gasteiger partial charge < -0.3 is 15.0 Å². The van der Waals surface area contributed by atoms with Gasteiger partial charge in [0, 0.05) is 24.3 Å². The first-order chi connectivity index (χ1) is 17.2. The van der Waals surface area contributed by atoms with E-state index in [4.69, 9.17) is 4.74 Å². The van der Waals surface area contributed by atoms with Crippen LogP contribution in [0.1, 0.15) is 56.7 Å². The fourth-order valence-corrected chi connectivity index (χ4v) is 5.52. The second-order valence-electron chi connectivity index (χ2n) is 10.9. The van der Waals surface area contributed by atoms with Gasteiger partial charge in [-0.1, -0.05) is 12.1 Å². The Morgan fingerprint density at radius 1 is 1.22 bits per heavy atom. The van der Waals surface area contributed by atoms with E-state index in [-0.39, 0.29) is 23.5 Å². The highest BCUT2D eigenvalue weighted by Crippen LogP contribution is 2.47. The number of benzene rings is 1. The Hall–Kier alpha value is -2.78. The molecule has 194 valence electrons. The van der Waals surface area contributed by atoms with Gasteiger partial charge >= 0.3 is 6.09 Å². The topological polar surface area (TPSA) is 73.8 Å². The number of ether oxygens (including phenoxy) is 1. The maximum Gasteiger partial charge on any atom is 0.416 e. The van der Waals surface area contributed by atoms with Crippen LogP contribution in [0.2, 0.25) is 0 Å². The summed E-state index contributed by atoms with van der Waals surface area (Å²) in [5.41, 5.74) is 1.16. The highest BCUT2D eigenvalue weighted by Gasteiger charge is 2.54. The minimum Gasteiger partial charge on any atom is -0.447 e. The fourth-order valence-electron chi connectivity index (χ4n) is 5.52. The molecule has 5 rings (SSSR count). The highest BCUT2D eigenvalue weighted by molar-refractivity contribution is 5.90. The van der Waals surface area contributed by atoms with Crippen LogP contribution in [-0.2, 0) is 11.3 Å². The van der Waals surface area contributed by atoms with Crippen molar-refractivity contribution in [2.75, 3.05) is 44.0 Å². The molecule has 0 spiro atoms. The summed E-state index contributed by atoms with van der Waals surface area (Å²) in [5, 5.41) is 3.27. The molecule has 1 aliphatic carbocycles. The molecule has 2 aromatic rings. The summed E-state index contributed by atoms with van der Waals surface area (Å²) >= 11 is 0. The van der Waals surface area contributed by atoms with Crippen LogP contribution in [0, 0.1) is 11.7 Å². The van der Waals surface area contributed by atoms with E-state index in [2.05, 4.69) is 46.1 Å². The summed E-state index contributed by atoms with van der Waals surface area (Å²) in [6, 6.07) is 7.60. The molecule has 3 aliphatic rings. The first-order valence-electron chi connectivity index (χ1n) is 13.0. The van der Waals surface area contributed by atoms with Crippen LogP contribution in [-0.4, -0.2) is 71.2 Å². The first-order valence-corrected chi connectivity index (χ1v) is 13.0. The standard InChI is InChI=1S/C27H37FN6O2/c1-18(19-5-6-20(23(28)15-19)16-33-13-10-22(11-14-33)32(3)4)30-25-29-12-9-24(31-25)34-26(35)36-17-27(34,2)21-7-8-21/h5-6,9,12,15,18,21-22H,7-8,10-11,13-14,16-17H2,1-4H3,(H,29,30,31)/t18-,27+/m0/s1. The molecule has 0 radical (unpaired) electrons. The van der Waals surface area contributed by atoms with Crippen molar-refractivity contribution >= 4 is 17.9 Å². The Labute approximate surface area is 212 Å². The molecule has 8 nitrogen and oxygen atoms in total. The zero-order valence-corrected chi connectivity index (χ0v) is 21.7. The molecule has 0 bridgehead atoms. The molecular weight excluding hydrogens is 459 g/mol. The van der Waals surface area contributed by atoms with E-state index < -0.39 is 0 Å². The molecule has 1 saturated carbocycles. The van der Waals surface area contributed by atoms with Gasteiger partial charge in [-0.15, -0.1) is 0 Å². The molecule has 0 unspecified atom stereocenters. The van der Waals surface area contributed by atoms with Gasteiger partial charge in [-0.2, -0.15) is 4.98 Å². The molecule has 1 amide bonds. The number of nitrogens with zero attached hydrogens (tertiary/aromatic N) is 5. The van der Waals surface area contributed by atoms with E-state index in [9.17, 15) is 4.79 Å². The highest BCUT2D eigenvalue weighted by atomic mass is 19.1. The Balaban J connectivity index is 1.24. The summed E-state index contributed by atoms with van der Waals surface area (Å²) in [6.45, 7) is 6.99. The monoisotopic (exact) mass is 496 g/mol. The number of hydrogen-bond acceptors (Lipinski definition) is 7. The third-order valence-corrected chi connectivity index (χ3v) is 8.11. The minimum absolute atomic E-state index is 0.189. The zero-order valence-electron chi connectivity index (χ0n) is 21.7. The van der Waals surface area contributed by atoms with E-state index >= 15 is 4.39 Å². The molecule has 2 atom stereocenters. The summed E-state index contributed by atoms with van der Waals surface area (Å²) < 4.78 is 20.4. The number of anilines is 2. The normalized spacial score (nSPS) is 24.3. The zero-order chi connectivity index (χ0) is 25.4. The third-order valence-electron chi connectivity index (χ3n) is 8.11. The summed E-state index contributed by atoms with van der Waals surface area (Å²) in [7, 11) is 4.25. The molecule has 3 heterocycles. The van der Waals surface area contributed by atoms with E-state index in [1.807, 2.05) is 19.1 Å². The number of halogens is 1. The lowest BCUT2D eigenvalue weighted by Crippen LogP contribution is -2.47. The number of cyclic esters (lactones) is 1. The molecular formula is C27H37FN6O2. The lowest BCUT2D eigenvalue weighted by Gasteiger charge is -2.35. The summed E-state index contributed by atoms with van der Waals surface area (Å²) in [4.78, 5) is 27.7.